The van der Waals surface area contributed by atoms with E-state index in [9.17, 15) is 4.79 Å². The number of nitrogens with two attached hydrogens (primary N) is 1. The smallest absolute Gasteiger partial charge is 0.236 e. The normalized spacial score (nSPS) is 10.9. The number of hydrogen-bond donors (Lipinski definition) is 3. The van der Waals surface area contributed by atoms with E-state index in [1.54, 1.807) is 4.68 Å². The molecular formula is C21H21N7OS. The summed E-state index contributed by atoms with van der Waals surface area (Å²) in [5, 5.41) is 14.6. The van der Waals surface area contributed by atoms with Crippen molar-refractivity contribution in [3.63, 3.8) is 0 Å². The molecule has 0 aliphatic rings. The Kier molecular flexibility index (Phi) is 5.53. The molecule has 4 N–H and O–H groups in total. The van der Waals surface area contributed by atoms with Crippen molar-refractivity contribution in [2.24, 2.45) is 0 Å². The Hall–Kier alpha value is -3.59. The van der Waals surface area contributed by atoms with Crippen LogP contribution in [0.3, 0.4) is 0 Å². The maximum atomic E-state index is 12.6. The third-order valence-electron chi connectivity index (χ3n) is 4.46. The van der Waals surface area contributed by atoms with Crippen molar-refractivity contribution in [3.8, 4) is 16.9 Å². The van der Waals surface area contributed by atoms with E-state index in [2.05, 4.69) is 38.7 Å². The number of nitrogen functional groups attached to an aromatic ring is 1. The lowest BCUT2D eigenvalue weighted by Gasteiger charge is -2.08. The maximum Gasteiger partial charge on any atom is 0.236 e. The number of thioether (sulfide) groups is 1. The molecule has 2 heterocycles. The van der Waals surface area contributed by atoms with Gasteiger partial charge in [-0.2, -0.15) is 10.1 Å². The zero-order valence-corrected chi connectivity index (χ0v) is 17.4. The van der Waals surface area contributed by atoms with Crippen LogP contribution < -0.4 is 11.1 Å². The van der Waals surface area contributed by atoms with E-state index in [0.29, 0.717) is 11.0 Å². The van der Waals surface area contributed by atoms with Gasteiger partial charge in [-0.1, -0.05) is 47.7 Å². The molecule has 0 unspecified atom stereocenters. The minimum atomic E-state index is -0.187. The van der Waals surface area contributed by atoms with Crippen molar-refractivity contribution in [2.45, 2.75) is 19.0 Å². The Morgan fingerprint density at radius 2 is 1.97 bits per heavy atom. The molecule has 0 aliphatic carbocycles. The molecular weight excluding hydrogens is 398 g/mol. The van der Waals surface area contributed by atoms with Crippen LogP contribution in [0.15, 0.2) is 59.8 Å². The molecule has 0 radical (unpaired) electrons. The van der Waals surface area contributed by atoms with Crippen molar-refractivity contribution in [2.75, 3.05) is 16.8 Å². The number of anilines is 2. The first-order valence-corrected chi connectivity index (χ1v) is 10.3. The number of para-hydroxylation sites is 1. The third-order valence-corrected chi connectivity index (χ3v) is 5.31. The first-order valence-electron chi connectivity index (χ1n) is 9.33. The molecule has 8 nitrogen and oxygen atoms in total. The van der Waals surface area contributed by atoms with E-state index >= 15 is 0 Å². The highest BCUT2D eigenvalue weighted by Crippen LogP contribution is 2.28. The number of nitrogens with zero attached hydrogens (tertiary/aromatic N) is 4. The van der Waals surface area contributed by atoms with Gasteiger partial charge < -0.3 is 11.1 Å². The second kappa shape index (κ2) is 8.42. The first kappa shape index (κ1) is 19.7. The molecule has 0 fully saturated rings. The second-order valence-electron chi connectivity index (χ2n) is 6.82. The lowest BCUT2D eigenvalue weighted by molar-refractivity contribution is -0.113. The van der Waals surface area contributed by atoms with Gasteiger partial charge in [0.15, 0.2) is 0 Å². The zero-order chi connectivity index (χ0) is 21.1. The molecule has 0 saturated carbocycles. The Morgan fingerprint density at radius 1 is 1.17 bits per heavy atom. The zero-order valence-electron chi connectivity index (χ0n) is 16.6. The van der Waals surface area contributed by atoms with Gasteiger partial charge in [0.25, 0.3) is 0 Å². The van der Waals surface area contributed by atoms with Crippen molar-refractivity contribution in [3.05, 3.63) is 65.7 Å². The highest BCUT2D eigenvalue weighted by molar-refractivity contribution is 7.99. The summed E-state index contributed by atoms with van der Waals surface area (Å²) >= 11 is 1.20. The molecule has 0 aliphatic heterocycles. The van der Waals surface area contributed by atoms with Gasteiger partial charge in [0.2, 0.25) is 17.0 Å². The topological polar surface area (TPSA) is 115 Å². The van der Waals surface area contributed by atoms with Crippen molar-refractivity contribution >= 4 is 29.4 Å². The van der Waals surface area contributed by atoms with Crippen molar-refractivity contribution < 1.29 is 4.79 Å². The predicted octanol–water partition coefficient (Wildman–Crippen LogP) is 3.59. The number of hydrogen-bond acceptors (Lipinski definition) is 6. The average Bonchev–Trinajstić information content (AvgIpc) is 3.35. The largest absolute Gasteiger partial charge is 0.368 e. The molecule has 4 aromatic rings. The minimum Gasteiger partial charge on any atom is -0.368 e. The maximum absolute atomic E-state index is 12.6. The fraction of sp³-hybridized carbons (Fsp3) is 0.143. The number of carbonyl (C=O) groups excluding carboxylic acids is 1. The van der Waals surface area contributed by atoms with E-state index in [-0.39, 0.29) is 17.6 Å². The minimum absolute atomic E-state index is 0.149. The Bertz CT molecular complexity index is 1180. The number of carbonyl (C=O) groups is 1. The van der Waals surface area contributed by atoms with Crippen LogP contribution in [0.1, 0.15) is 11.1 Å². The average molecular weight is 420 g/mol. The van der Waals surface area contributed by atoms with Crippen LogP contribution in [0.2, 0.25) is 0 Å². The molecule has 0 bridgehead atoms. The monoisotopic (exact) mass is 419 g/mol. The van der Waals surface area contributed by atoms with Crippen LogP contribution in [-0.2, 0) is 4.79 Å². The number of aromatic nitrogens is 5. The van der Waals surface area contributed by atoms with E-state index in [1.807, 2.05) is 50.2 Å². The van der Waals surface area contributed by atoms with Crippen LogP contribution in [0, 0.1) is 13.8 Å². The van der Waals surface area contributed by atoms with Gasteiger partial charge in [0.05, 0.1) is 17.1 Å². The molecule has 30 heavy (non-hydrogen) atoms. The van der Waals surface area contributed by atoms with Gasteiger partial charge in [-0.25, -0.2) is 9.78 Å². The summed E-state index contributed by atoms with van der Waals surface area (Å²) in [6.07, 6.45) is 0. The molecule has 2 aromatic heterocycles. The van der Waals surface area contributed by atoms with Gasteiger partial charge in [-0.05, 0) is 37.6 Å². The van der Waals surface area contributed by atoms with Crippen LogP contribution in [0.25, 0.3) is 16.9 Å². The summed E-state index contributed by atoms with van der Waals surface area (Å²) in [6, 6.07) is 17.8. The summed E-state index contributed by atoms with van der Waals surface area (Å²) in [6.45, 7) is 4.10. The van der Waals surface area contributed by atoms with Crippen LogP contribution in [-0.4, -0.2) is 36.6 Å². The lowest BCUT2D eigenvalue weighted by Crippen LogP contribution is -2.17. The highest BCUT2D eigenvalue weighted by Gasteiger charge is 2.16. The number of H-pyrrole nitrogens is 1. The highest BCUT2D eigenvalue weighted by atomic mass is 32.2. The number of nitrogens with one attached hydrogen (secondary N) is 2. The third kappa shape index (κ3) is 4.36. The fourth-order valence-corrected chi connectivity index (χ4v) is 3.62. The quantitative estimate of drug-likeness (QED) is 0.412. The standard InChI is InChI=1S/C21H21N7OS/c1-13-8-9-14(2)16(10-13)17-11-18(28(27-17)15-6-4-3-5-7-15)23-19(29)12-30-21-24-20(22)25-26-21/h3-11H,12H2,1-2H3,(H,23,29)(H3,22,24,25,26). The number of aryl methyl sites for hydroxylation is 2. The molecule has 9 heteroatoms. The van der Waals surface area contributed by atoms with Crippen molar-refractivity contribution in [1.82, 2.24) is 25.0 Å². The Labute approximate surface area is 177 Å². The van der Waals surface area contributed by atoms with Crippen LogP contribution in [0.5, 0.6) is 0 Å². The van der Waals surface area contributed by atoms with Gasteiger partial charge in [-0.3, -0.25) is 4.79 Å². The summed E-state index contributed by atoms with van der Waals surface area (Å²) in [4.78, 5) is 16.6. The van der Waals surface area contributed by atoms with Crippen LogP contribution in [0.4, 0.5) is 11.8 Å². The second-order valence-corrected chi connectivity index (χ2v) is 7.76. The predicted molar refractivity (Wildman–Crippen MR) is 119 cm³/mol. The molecule has 0 spiro atoms. The van der Waals surface area contributed by atoms with E-state index in [4.69, 9.17) is 10.8 Å². The van der Waals surface area contributed by atoms with Crippen molar-refractivity contribution in [1.29, 1.82) is 0 Å². The van der Waals surface area contributed by atoms with Gasteiger partial charge in [-0.15, -0.1) is 5.10 Å². The fourth-order valence-electron chi connectivity index (χ4n) is 3.01. The molecule has 1 amide bonds. The first-order chi connectivity index (χ1) is 14.5. The lowest BCUT2D eigenvalue weighted by atomic mass is 10.0. The SMILES string of the molecule is Cc1ccc(C)c(-c2cc(NC(=O)CSc3n[nH]c(N)n3)n(-c3ccccc3)n2)c1. The van der Waals surface area contributed by atoms with E-state index < -0.39 is 0 Å². The number of aromatic amines is 1. The molecule has 152 valence electrons. The molecule has 2 aromatic carbocycles. The summed E-state index contributed by atoms with van der Waals surface area (Å²) in [5.74, 6) is 0.777. The van der Waals surface area contributed by atoms with E-state index in [1.165, 1.54) is 11.8 Å². The number of benzene rings is 2. The summed E-state index contributed by atoms with van der Waals surface area (Å²) in [7, 11) is 0. The number of amides is 1. The van der Waals surface area contributed by atoms with Gasteiger partial charge in [0.1, 0.15) is 5.82 Å². The number of rotatable bonds is 6. The van der Waals surface area contributed by atoms with Gasteiger partial charge in [0, 0.05) is 11.6 Å². The van der Waals surface area contributed by atoms with E-state index in [0.717, 1.165) is 28.1 Å². The van der Waals surface area contributed by atoms with Gasteiger partial charge >= 0.3 is 0 Å². The Morgan fingerprint density at radius 3 is 2.70 bits per heavy atom. The molecule has 0 saturated heterocycles. The summed E-state index contributed by atoms with van der Waals surface area (Å²) < 4.78 is 1.74. The molecule has 0 atom stereocenters. The van der Waals surface area contributed by atoms with Crippen LogP contribution >= 0.6 is 11.8 Å². The summed E-state index contributed by atoms with van der Waals surface area (Å²) in [5.41, 5.74) is 10.5. The Balaban J connectivity index is 1.63. The molecule has 4 rings (SSSR count).